The predicted octanol–water partition coefficient (Wildman–Crippen LogP) is 2.87. The van der Waals surface area contributed by atoms with Crippen LogP contribution in [0.25, 0.3) is 0 Å². The fourth-order valence-corrected chi connectivity index (χ4v) is 1.85. The third kappa shape index (κ3) is 3.78. The molecule has 0 fully saturated rings. The van der Waals surface area contributed by atoms with Gasteiger partial charge in [-0.25, -0.2) is 4.39 Å². The van der Waals surface area contributed by atoms with Gasteiger partial charge in [-0.05, 0) is 31.0 Å². The van der Waals surface area contributed by atoms with E-state index in [1.165, 1.54) is 12.1 Å². The van der Waals surface area contributed by atoms with E-state index < -0.39 is 17.3 Å². The van der Waals surface area contributed by atoms with Crippen LogP contribution < -0.4 is 5.32 Å². The largest absolute Gasteiger partial charge is 0.388 e. The van der Waals surface area contributed by atoms with Gasteiger partial charge in [-0.2, -0.15) is 0 Å². The first-order valence-corrected chi connectivity index (χ1v) is 6.67. The Morgan fingerprint density at radius 2 is 2.06 bits per heavy atom. The van der Waals surface area contributed by atoms with Gasteiger partial charge in [0.25, 0.3) is 5.91 Å². The van der Waals surface area contributed by atoms with E-state index in [-0.39, 0.29) is 12.1 Å². The minimum Gasteiger partial charge on any atom is -0.388 e. The molecule has 3 nitrogen and oxygen atoms in total. The van der Waals surface area contributed by atoms with Crippen LogP contribution in [0.5, 0.6) is 0 Å². The molecule has 5 heteroatoms. The lowest BCUT2D eigenvalue weighted by Gasteiger charge is -2.25. The Labute approximate surface area is 115 Å². The summed E-state index contributed by atoms with van der Waals surface area (Å²) in [6.07, 6.45) is 1.07. The number of carbonyl (C=O) groups excluding carboxylic acids is 1. The molecule has 0 spiro atoms. The van der Waals surface area contributed by atoms with Crippen LogP contribution in [0.15, 0.2) is 22.7 Å². The SMILES string of the molecule is CCC(O)(CC)CNC(=O)c1ccc(Br)cc1F. The van der Waals surface area contributed by atoms with Crippen molar-refractivity contribution in [2.75, 3.05) is 6.54 Å². The monoisotopic (exact) mass is 317 g/mol. The van der Waals surface area contributed by atoms with Crippen LogP contribution in [0.3, 0.4) is 0 Å². The van der Waals surface area contributed by atoms with Crippen molar-refractivity contribution in [3.05, 3.63) is 34.1 Å². The van der Waals surface area contributed by atoms with Crippen molar-refractivity contribution >= 4 is 21.8 Å². The number of amides is 1. The lowest BCUT2D eigenvalue weighted by molar-refractivity contribution is 0.0313. The van der Waals surface area contributed by atoms with E-state index in [4.69, 9.17) is 0 Å². The van der Waals surface area contributed by atoms with E-state index in [1.54, 1.807) is 6.07 Å². The normalized spacial score (nSPS) is 11.4. The van der Waals surface area contributed by atoms with Crippen molar-refractivity contribution in [3.63, 3.8) is 0 Å². The second-order valence-corrected chi connectivity index (χ2v) is 5.15. The van der Waals surface area contributed by atoms with Crippen molar-refractivity contribution in [3.8, 4) is 0 Å². The molecule has 1 aromatic carbocycles. The molecule has 1 aromatic rings. The highest BCUT2D eigenvalue weighted by molar-refractivity contribution is 9.10. The highest BCUT2D eigenvalue weighted by Gasteiger charge is 2.23. The van der Waals surface area contributed by atoms with Gasteiger partial charge in [0, 0.05) is 11.0 Å². The Balaban J connectivity index is 2.71. The summed E-state index contributed by atoms with van der Waals surface area (Å²) in [5.74, 6) is -1.10. The Hall–Kier alpha value is -0.940. The molecule has 0 unspecified atom stereocenters. The number of aliphatic hydroxyl groups is 1. The zero-order valence-electron chi connectivity index (χ0n) is 10.5. The maximum Gasteiger partial charge on any atom is 0.254 e. The maximum absolute atomic E-state index is 13.5. The van der Waals surface area contributed by atoms with E-state index in [2.05, 4.69) is 21.2 Å². The van der Waals surface area contributed by atoms with Gasteiger partial charge in [-0.1, -0.05) is 29.8 Å². The molecule has 2 N–H and O–H groups in total. The summed E-state index contributed by atoms with van der Waals surface area (Å²) in [7, 11) is 0. The van der Waals surface area contributed by atoms with Crippen molar-refractivity contribution in [1.29, 1.82) is 0 Å². The summed E-state index contributed by atoms with van der Waals surface area (Å²) in [5.41, 5.74) is -0.950. The first-order valence-electron chi connectivity index (χ1n) is 5.87. The molecule has 0 atom stereocenters. The van der Waals surface area contributed by atoms with E-state index in [1.807, 2.05) is 13.8 Å². The third-order valence-electron chi connectivity index (χ3n) is 3.07. The number of halogens is 2. The van der Waals surface area contributed by atoms with Gasteiger partial charge < -0.3 is 10.4 Å². The van der Waals surface area contributed by atoms with E-state index in [9.17, 15) is 14.3 Å². The Morgan fingerprint density at radius 3 is 2.56 bits per heavy atom. The third-order valence-corrected chi connectivity index (χ3v) is 3.56. The average molecular weight is 318 g/mol. The topological polar surface area (TPSA) is 49.3 Å². The number of carbonyl (C=O) groups is 1. The molecule has 18 heavy (non-hydrogen) atoms. The van der Waals surface area contributed by atoms with Crippen LogP contribution in [-0.2, 0) is 0 Å². The Kier molecular flexibility index (Phi) is 5.28. The van der Waals surface area contributed by atoms with Gasteiger partial charge >= 0.3 is 0 Å². The van der Waals surface area contributed by atoms with E-state index >= 15 is 0 Å². The van der Waals surface area contributed by atoms with Gasteiger partial charge in [-0.3, -0.25) is 4.79 Å². The number of nitrogens with one attached hydrogen (secondary N) is 1. The van der Waals surface area contributed by atoms with Gasteiger partial charge in [0.1, 0.15) is 5.82 Å². The molecule has 0 saturated carbocycles. The number of benzene rings is 1. The summed E-state index contributed by atoms with van der Waals surface area (Å²) < 4.78 is 14.1. The van der Waals surface area contributed by atoms with Crippen LogP contribution in [0.2, 0.25) is 0 Å². The molecule has 1 amide bonds. The number of rotatable bonds is 5. The van der Waals surface area contributed by atoms with Crippen molar-refractivity contribution < 1.29 is 14.3 Å². The summed E-state index contributed by atoms with van der Waals surface area (Å²) in [6.45, 7) is 3.81. The van der Waals surface area contributed by atoms with Crippen LogP contribution in [0.1, 0.15) is 37.0 Å². The van der Waals surface area contributed by atoms with Crippen LogP contribution >= 0.6 is 15.9 Å². The Morgan fingerprint density at radius 1 is 1.44 bits per heavy atom. The molecule has 0 aliphatic heterocycles. The lowest BCUT2D eigenvalue weighted by Crippen LogP contribution is -2.42. The first-order chi connectivity index (χ1) is 8.41. The number of hydrogen-bond acceptors (Lipinski definition) is 2. The fraction of sp³-hybridized carbons (Fsp3) is 0.462. The van der Waals surface area contributed by atoms with Crippen molar-refractivity contribution in [1.82, 2.24) is 5.32 Å². The van der Waals surface area contributed by atoms with Crippen LogP contribution in [0, 0.1) is 5.82 Å². The lowest BCUT2D eigenvalue weighted by atomic mass is 9.97. The highest BCUT2D eigenvalue weighted by Crippen LogP contribution is 2.16. The zero-order chi connectivity index (χ0) is 13.8. The molecule has 0 aliphatic carbocycles. The molecule has 0 radical (unpaired) electrons. The van der Waals surface area contributed by atoms with Crippen LogP contribution in [-0.4, -0.2) is 23.2 Å². The average Bonchev–Trinajstić information content (AvgIpc) is 2.35. The van der Waals surface area contributed by atoms with Gasteiger partial charge in [-0.15, -0.1) is 0 Å². The van der Waals surface area contributed by atoms with Crippen molar-refractivity contribution in [2.45, 2.75) is 32.3 Å². The van der Waals surface area contributed by atoms with Gasteiger partial charge in [0.2, 0.25) is 0 Å². The molecule has 0 heterocycles. The maximum atomic E-state index is 13.5. The van der Waals surface area contributed by atoms with Crippen molar-refractivity contribution in [2.24, 2.45) is 0 Å². The minimum atomic E-state index is -0.929. The second-order valence-electron chi connectivity index (χ2n) is 4.24. The molecular formula is C13H17BrFNO2. The highest BCUT2D eigenvalue weighted by atomic mass is 79.9. The van der Waals surface area contributed by atoms with Gasteiger partial charge in [0.05, 0.1) is 11.2 Å². The molecule has 0 aliphatic rings. The molecular weight excluding hydrogens is 301 g/mol. The molecule has 0 saturated heterocycles. The molecule has 1 rings (SSSR count). The summed E-state index contributed by atoms with van der Waals surface area (Å²) in [5, 5.41) is 12.6. The summed E-state index contributed by atoms with van der Waals surface area (Å²) >= 11 is 3.13. The molecule has 0 aromatic heterocycles. The summed E-state index contributed by atoms with van der Waals surface area (Å²) in [6, 6.07) is 4.25. The smallest absolute Gasteiger partial charge is 0.254 e. The predicted molar refractivity (Wildman–Crippen MR) is 72.0 cm³/mol. The fourth-order valence-electron chi connectivity index (χ4n) is 1.51. The standard InChI is InChI=1S/C13H17BrFNO2/c1-3-13(18,4-2)8-16-12(17)10-6-5-9(14)7-11(10)15/h5-7,18H,3-4,8H2,1-2H3,(H,16,17). The quantitative estimate of drug-likeness (QED) is 0.877. The van der Waals surface area contributed by atoms with Crippen LogP contribution in [0.4, 0.5) is 4.39 Å². The van der Waals surface area contributed by atoms with E-state index in [0.29, 0.717) is 17.3 Å². The van der Waals surface area contributed by atoms with E-state index in [0.717, 1.165) is 0 Å². The number of hydrogen-bond donors (Lipinski definition) is 2. The molecule has 100 valence electrons. The summed E-state index contributed by atoms with van der Waals surface area (Å²) in [4.78, 5) is 11.8. The Bertz CT molecular complexity index is 433. The minimum absolute atomic E-state index is 0.0206. The van der Waals surface area contributed by atoms with Gasteiger partial charge in [0.15, 0.2) is 0 Å². The zero-order valence-corrected chi connectivity index (χ0v) is 12.1. The first kappa shape index (κ1) is 15.1. The second kappa shape index (κ2) is 6.29. The molecule has 0 bridgehead atoms.